The van der Waals surface area contributed by atoms with Gasteiger partial charge in [0.05, 0.1) is 12.7 Å². The number of hydrogen-bond donors (Lipinski definition) is 3. The second-order valence-electron chi connectivity index (χ2n) is 3.08. The van der Waals surface area contributed by atoms with E-state index in [0.717, 1.165) is 0 Å². The highest BCUT2D eigenvalue weighted by atomic mass is 16.3. The molecule has 0 aliphatic carbocycles. The second-order valence-corrected chi connectivity index (χ2v) is 3.08. The van der Waals surface area contributed by atoms with E-state index >= 15 is 0 Å². The zero-order valence-corrected chi connectivity index (χ0v) is 8.33. The third-order valence-corrected chi connectivity index (χ3v) is 2.01. The zero-order chi connectivity index (χ0) is 10.3. The fourth-order valence-corrected chi connectivity index (χ4v) is 1.02. The highest BCUT2D eigenvalue weighted by molar-refractivity contribution is 5.15. The molecule has 0 amide bonds. The lowest BCUT2D eigenvalue weighted by Crippen LogP contribution is -2.28. The maximum absolute atomic E-state index is 9.63. The first-order chi connectivity index (χ1) is 6.15. The molecule has 3 N–H and O–H groups in total. The van der Waals surface area contributed by atoms with E-state index in [4.69, 9.17) is 5.11 Å². The number of nitrogens with one attached hydrogen (secondary N) is 1. The lowest BCUT2D eigenvalue weighted by atomic mass is 10.0. The Morgan fingerprint density at radius 3 is 2.62 bits per heavy atom. The van der Waals surface area contributed by atoms with Gasteiger partial charge in [-0.2, -0.15) is 0 Å². The lowest BCUT2D eigenvalue weighted by molar-refractivity contribution is 0.168. The highest BCUT2D eigenvalue weighted by Gasteiger charge is 2.12. The van der Waals surface area contributed by atoms with Crippen LogP contribution in [-0.4, -0.2) is 36.0 Å². The summed E-state index contributed by atoms with van der Waals surface area (Å²) < 4.78 is 0. The molecule has 0 aromatic heterocycles. The summed E-state index contributed by atoms with van der Waals surface area (Å²) in [4.78, 5) is 0. The Balaban J connectivity index is 4.13. The standard InChI is InChI=1S/C10H19NO2/c1-4-5-9(7-12)10(13)6-8(2)11-3/h4-5,8,10-13H,1,6-7H2,2-3H3/b9-5+. The van der Waals surface area contributed by atoms with E-state index < -0.39 is 6.10 Å². The summed E-state index contributed by atoms with van der Waals surface area (Å²) in [5.41, 5.74) is 0.608. The Labute approximate surface area is 79.8 Å². The van der Waals surface area contributed by atoms with Crippen LogP contribution in [0.1, 0.15) is 13.3 Å². The van der Waals surface area contributed by atoms with Crippen molar-refractivity contribution in [2.24, 2.45) is 0 Å². The summed E-state index contributed by atoms with van der Waals surface area (Å²) in [7, 11) is 1.84. The maximum Gasteiger partial charge on any atom is 0.0789 e. The number of allylic oxidation sites excluding steroid dienone is 2. The van der Waals surface area contributed by atoms with Gasteiger partial charge in [-0.3, -0.25) is 0 Å². The Kier molecular flexibility index (Phi) is 6.49. The molecule has 3 nitrogen and oxygen atoms in total. The minimum absolute atomic E-state index is 0.121. The second kappa shape index (κ2) is 6.83. The van der Waals surface area contributed by atoms with Crippen LogP contribution in [0.25, 0.3) is 0 Å². The van der Waals surface area contributed by atoms with Crippen LogP contribution in [0.4, 0.5) is 0 Å². The average Bonchev–Trinajstić information content (AvgIpc) is 2.13. The molecule has 2 atom stereocenters. The Morgan fingerprint density at radius 2 is 2.23 bits per heavy atom. The molecular weight excluding hydrogens is 166 g/mol. The van der Waals surface area contributed by atoms with Crippen molar-refractivity contribution in [3.05, 3.63) is 24.3 Å². The van der Waals surface area contributed by atoms with E-state index in [-0.39, 0.29) is 12.6 Å². The predicted molar refractivity (Wildman–Crippen MR) is 54.5 cm³/mol. The molecule has 0 aromatic rings. The van der Waals surface area contributed by atoms with E-state index in [1.54, 1.807) is 12.2 Å². The van der Waals surface area contributed by atoms with Crippen molar-refractivity contribution < 1.29 is 10.2 Å². The van der Waals surface area contributed by atoms with Gasteiger partial charge in [-0.1, -0.05) is 18.7 Å². The summed E-state index contributed by atoms with van der Waals surface area (Å²) >= 11 is 0. The molecule has 76 valence electrons. The Bertz CT molecular complexity index is 178. The molecule has 0 saturated carbocycles. The summed E-state index contributed by atoms with van der Waals surface area (Å²) in [6.45, 7) is 5.37. The number of aliphatic hydroxyl groups is 2. The van der Waals surface area contributed by atoms with Gasteiger partial charge in [-0.15, -0.1) is 0 Å². The van der Waals surface area contributed by atoms with Crippen LogP contribution in [0.5, 0.6) is 0 Å². The fourth-order valence-electron chi connectivity index (χ4n) is 1.02. The lowest BCUT2D eigenvalue weighted by Gasteiger charge is -2.17. The molecule has 13 heavy (non-hydrogen) atoms. The van der Waals surface area contributed by atoms with Crippen molar-refractivity contribution >= 4 is 0 Å². The first-order valence-electron chi connectivity index (χ1n) is 4.43. The van der Waals surface area contributed by atoms with Gasteiger partial charge >= 0.3 is 0 Å². The van der Waals surface area contributed by atoms with E-state index in [1.165, 1.54) is 0 Å². The highest BCUT2D eigenvalue weighted by Crippen LogP contribution is 2.08. The molecule has 0 fully saturated rings. The third kappa shape index (κ3) is 4.83. The molecule has 0 rings (SSSR count). The number of aliphatic hydroxyl groups excluding tert-OH is 2. The molecule has 0 aliphatic rings. The van der Waals surface area contributed by atoms with Gasteiger partial charge in [-0.05, 0) is 26.0 Å². The van der Waals surface area contributed by atoms with Crippen molar-refractivity contribution in [2.75, 3.05) is 13.7 Å². The smallest absolute Gasteiger partial charge is 0.0789 e. The summed E-state index contributed by atoms with van der Waals surface area (Å²) in [5.74, 6) is 0. The van der Waals surface area contributed by atoms with Crippen LogP contribution in [0, 0.1) is 0 Å². The minimum atomic E-state index is -0.592. The van der Waals surface area contributed by atoms with E-state index in [0.29, 0.717) is 12.0 Å². The predicted octanol–water partition coefficient (Wildman–Crippen LogP) is 0.450. The minimum Gasteiger partial charge on any atom is -0.392 e. The molecule has 0 heterocycles. The van der Waals surface area contributed by atoms with Crippen molar-refractivity contribution in [3.63, 3.8) is 0 Å². The average molecular weight is 185 g/mol. The molecule has 0 saturated heterocycles. The Morgan fingerprint density at radius 1 is 1.62 bits per heavy atom. The number of rotatable bonds is 6. The first kappa shape index (κ1) is 12.4. The molecule has 0 bridgehead atoms. The van der Waals surface area contributed by atoms with E-state index in [9.17, 15) is 5.11 Å². The van der Waals surface area contributed by atoms with Crippen LogP contribution < -0.4 is 5.32 Å². The normalized spacial score (nSPS) is 16.8. The fraction of sp³-hybridized carbons (Fsp3) is 0.600. The van der Waals surface area contributed by atoms with Crippen molar-refractivity contribution in [1.29, 1.82) is 0 Å². The van der Waals surface area contributed by atoms with Crippen LogP contribution in [0.15, 0.2) is 24.3 Å². The third-order valence-electron chi connectivity index (χ3n) is 2.01. The first-order valence-corrected chi connectivity index (χ1v) is 4.43. The quantitative estimate of drug-likeness (QED) is 0.527. The molecule has 2 unspecified atom stereocenters. The van der Waals surface area contributed by atoms with Gasteiger partial charge in [0.15, 0.2) is 0 Å². The molecule has 0 radical (unpaired) electrons. The maximum atomic E-state index is 9.63. The molecule has 0 spiro atoms. The van der Waals surface area contributed by atoms with E-state index in [2.05, 4.69) is 11.9 Å². The summed E-state index contributed by atoms with van der Waals surface area (Å²) in [6, 6.07) is 0.231. The van der Waals surface area contributed by atoms with Gasteiger partial charge in [0.2, 0.25) is 0 Å². The van der Waals surface area contributed by atoms with Crippen molar-refractivity contribution in [2.45, 2.75) is 25.5 Å². The molecular formula is C10H19NO2. The molecule has 0 aromatic carbocycles. The monoisotopic (exact) mass is 185 g/mol. The van der Waals surface area contributed by atoms with Crippen LogP contribution in [0.3, 0.4) is 0 Å². The van der Waals surface area contributed by atoms with Crippen molar-refractivity contribution in [1.82, 2.24) is 5.32 Å². The van der Waals surface area contributed by atoms with Crippen molar-refractivity contribution in [3.8, 4) is 0 Å². The topological polar surface area (TPSA) is 52.5 Å². The van der Waals surface area contributed by atoms with Crippen LogP contribution in [0.2, 0.25) is 0 Å². The van der Waals surface area contributed by atoms with Gasteiger partial charge in [0, 0.05) is 6.04 Å². The SMILES string of the molecule is C=C/C=C(\CO)C(O)CC(C)NC. The largest absolute Gasteiger partial charge is 0.392 e. The number of hydrogen-bond acceptors (Lipinski definition) is 3. The van der Waals surface area contributed by atoms with Gasteiger partial charge < -0.3 is 15.5 Å². The Hall–Kier alpha value is -0.640. The van der Waals surface area contributed by atoms with Gasteiger partial charge in [0.25, 0.3) is 0 Å². The summed E-state index contributed by atoms with van der Waals surface area (Å²) in [6.07, 6.45) is 3.22. The zero-order valence-electron chi connectivity index (χ0n) is 8.33. The van der Waals surface area contributed by atoms with Gasteiger partial charge in [0.1, 0.15) is 0 Å². The van der Waals surface area contributed by atoms with Gasteiger partial charge in [-0.25, -0.2) is 0 Å². The van der Waals surface area contributed by atoms with Crippen LogP contribution >= 0.6 is 0 Å². The van der Waals surface area contributed by atoms with Crippen LogP contribution in [-0.2, 0) is 0 Å². The molecule has 3 heteroatoms. The van der Waals surface area contributed by atoms with E-state index in [1.807, 2.05) is 14.0 Å². The molecule has 0 aliphatic heterocycles. The summed E-state index contributed by atoms with van der Waals surface area (Å²) in [5, 5.41) is 21.6.